The van der Waals surface area contributed by atoms with E-state index >= 15 is 0 Å². The highest BCUT2D eigenvalue weighted by Crippen LogP contribution is 2.34. The van der Waals surface area contributed by atoms with Crippen molar-refractivity contribution in [3.05, 3.63) is 81.5 Å². The minimum Gasteiger partial charge on any atom is -0.497 e. The molecule has 0 N–H and O–H groups in total. The number of ether oxygens (including phenoxy) is 2. The zero-order chi connectivity index (χ0) is 26.4. The van der Waals surface area contributed by atoms with Crippen LogP contribution >= 0.6 is 11.3 Å². The molecule has 4 rings (SSSR count). The van der Waals surface area contributed by atoms with Gasteiger partial charge in [0, 0.05) is 23.5 Å². The van der Waals surface area contributed by atoms with E-state index < -0.39 is 0 Å². The second kappa shape index (κ2) is 12.3. The normalized spacial score (nSPS) is 14.8. The number of benzene rings is 2. The molecule has 2 heterocycles. The lowest BCUT2D eigenvalue weighted by Gasteiger charge is -2.37. The summed E-state index contributed by atoms with van der Waals surface area (Å²) in [5.41, 5.74) is 2.87. The quantitative estimate of drug-likeness (QED) is 0.341. The SMILES string of the molecule is COc1ccc(C(=O)N(CCC(C)C)CC(=O)N2CCc3sccc3[C@H]2COc2ccc(C)cc2)cc1. The van der Waals surface area contributed by atoms with E-state index in [1.165, 1.54) is 10.4 Å². The van der Waals surface area contributed by atoms with Crippen LogP contribution in [0.1, 0.15) is 52.7 Å². The first-order valence-corrected chi connectivity index (χ1v) is 13.7. The Morgan fingerprint density at radius 1 is 1.05 bits per heavy atom. The average Bonchev–Trinajstić information content (AvgIpc) is 3.39. The molecule has 1 atom stereocenters. The van der Waals surface area contributed by atoms with Gasteiger partial charge in [-0.05, 0) is 79.1 Å². The van der Waals surface area contributed by atoms with Gasteiger partial charge in [0.25, 0.3) is 5.91 Å². The molecule has 3 aromatic rings. The number of hydrogen-bond donors (Lipinski definition) is 0. The zero-order valence-corrected chi connectivity index (χ0v) is 22.9. The number of rotatable bonds is 10. The van der Waals surface area contributed by atoms with Crippen molar-refractivity contribution in [3.63, 3.8) is 0 Å². The lowest BCUT2D eigenvalue weighted by atomic mass is 10.00. The van der Waals surface area contributed by atoms with E-state index in [1.54, 1.807) is 47.6 Å². The molecule has 2 amide bonds. The highest BCUT2D eigenvalue weighted by molar-refractivity contribution is 7.10. The van der Waals surface area contributed by atoms with Crippen LogP contribution in [-0.2, 0) is 11.2 Å². The van der Waals surface area contributed by atoms with Gasteiger partial charge in [0.05, 0.1) is 13.2 Å². The zero-order valence-electron chi connectivity index (χ0n) is 22.1. The van der Waals surface area contributed by atoms with Gasteiger partial charge in [-0.15, -0.1) is 11.3 Å². The first kappa shape index (κ1) is 26.7. The third-order valence-corrected chi connectivity index (χ3v) is 7.77. The second-order valence-electron chi connectivity index (χ2n) is 9.91. The van der Waals surface area contributed by atoms with Crippen molar-refractivity contribution < 1.29 is 19.1 Å². The molecular weight excluding hydrogens is 484 g/mol. The number of methoxy groups -OCH3 is 1. The minimum absolute atomic E-state index is 0.0398. The Bertz CT molecular complexity index is 1190. The van der Waals surface area contributed by atoms with Crippen molar-refractivity contribution >= 4 is 23.2 Å². The number of nitrogens with zero attached hydrogens (tertiary/aromatic N) is 2. The summed E-state index contributed by atoms with van der Waals surface area (Å²) in [7, 11) is 1.60. The molecule has 1 aromatic heterocycles. The van der Waals surface area contributed by atoms with Gasteiger partial charge in [0.2, 0.25) is 5.91 Å². The van der Waals surface area contributed by atoms with Gasteiger partial charge in [-0.25, -0.2) is 0 Å². The number of hydrogen-bond acceptors (Lipinski definition) is 5. The summed E-state index contributed by atoms with van der Waals surface area (Å²) in [4.78, 5) is 32.1. The molecule has 0 spiro atoms. The molecule has 1 aliphatic heterocycles. The van der Waals surface area contributed by atoms with Gasteiger partial charge < -0.3 is 19.3 Å². The van der Waals surface area contributed by atoms with Gasteiger partial charge in [-0.1, -0.05) is 31.5 Å². The van der Waals surface area contributed by atoms with Crippen LogP contribution in [0, 0.1) is 12.8 Å². The molecule has 196 valence electrons. The molecule has 0 aliphatic carbocycles. The Morgan fingerprint density at radius 3 is 2.43 bits per heavy atom. The molecule has 0 unspecified atom stereocenters. The molecule has 0 saturated heterocycles. The number of carbonyl (C=O) groups excluding carboxylic acids is 2. The standard InChI is InChI=1S/C30H36N2O4S/c1-21(2)13-16-31(30(34)23-7-11-24(35-4)12-8-23)19-29(33)32-17-14-28-26(15-18-37-28)27(32)20-36-25-9-5-22(3)6-10-25/h5-12,15,18,21,27H,13-14,16-17,19-20H2,1-4H3/t27-/m1/s1. The van der Waals surface area contributed by atoms with Crippen LogP contribution in [0.4, 0.5) is 0 Å². The molecule has 37 heavy (non-hydrogen) atoms. The lowest BCUT2D eigenvalue weighted by molar-refractivity contribution is -0.135. The molecule has 7 heteroatoms. The van der Waals surface area contributed by atoms with E-state index in [9.17, 15) is 9.59 Å². The van der Waals surface area contributed by atoms with E-state index in [-0.39, 0.29) is 24.4 Å². The molecule has 0 fully saturated rings. The summed E-state index contributed by atoms with van der Waals surface area (Å²) < 4.78 is 11.4. The Hall–Kier alpha value is -3.32. The Kier molecular flexibility index (Phi) is 8.87. The number of aryl methyl sites for hydroxylation is 1. The maximum atomic E-state index is 13.7. The summed E-state index contributed by atoms with van der Waals surface area (Å²) in [6, 6.07) is 16.9. The maximum absolute atomic E-state index is 13.7. The fraction of sp³-hybridized carbons (Fsp3) is 0.400. The number of fused-ring (bicyclic) bond motifs is 1. The predicted molar refractivity (Wildman–Crippen MR) is 148 cm³/mol. The summed E-state index contributed by atoms with van der Waals surface area (Å²) >= 11 is 1.73. The monoisotopic (exact) mass is 520 g/mol. The summed E-state index contributed by atoms with van der Waals surface area (Å²) in [5, 5.41) is 2.08. The molecule has 1 aliphatic rings. The maximum Gasteiger partial charge on any atom is 0.254 e. The Labute approximate surface area is 223 Å². The molecule has 2 aromatic carbocycles. The molecule has 0 radical (unpaired) electrons. The fourth-order valence-electron chi connectivity index (χ4n) is 4.52. The highest BCUT2D eigenvalue weighted by atomic mass is 32.1. The van der Waals surface area contributed by atoms with E-state index in [1.807, 2.05) is 36.1 Å². The Morgan fingerprint density at radius 2 is 1.76 bits per heavy atom. The van der Waals surface area contributed by atoms with Crippen molar-refractivity contribution in [1.29, 1.82) is 0 Å². The number of carbonyl (C=O) groups is 2. The van der Waals surface area contributed by atoms with Gasteiger partial charge in [-0.2, -0.15) is 0 Å². The third-order valence-electron chi connectivity index (χ3n) is 6.77. The number of thiophene rings is 1. The van der Waals surface area contributed by atoms with Crippen LogP contribution in [0.25, 0.3) is 0 Å². The van der Waals surface area contributed by atoms with E-state index in [0.717, 1.165) is 24.2 Å². The Balaban J connectivity index is 1.52. The van der Waals surface area contributed by atoms with Crippen LogP contribution in [0.15, 0.2) is 60.0 Å². The van der Waals surface area contributed by atoms with Gasteiger partial charge >= 0.3 is 0 Å². The van der Waals surface area contributed by atoms with Crippen LogP contribution in [0.3, 0.4) is 0 Å². The summed E-state index contributed by atoms with van der Waals surface area (Å²) in [6.07, 6.45) is 1.64. The van der Waals surface area contributed by atoms with Gasteiger partial charge in [0.15, 0.2) is 0 Å². The van der Waals surface area contributed by atoms with Crippen molar-refractivity contribution in [2.75, 3.05) is 33.4 Å². The molecular formula is C30H36N2O4S. The van der Waals surface area contributed by atoms with Crippen molar-refractivity contribution in [3.8, 4) is 11.5 Å². The third kappa shape index (κ3) is 6.72. The van der Waals surface area contributed by atoms with Gasteiger partial charge in [-0.3, -0.25) is 9.59 Å². The largest absolute Gasteiger partial charge is 0.497 e. The van der Waals surface area contributed by atoms with Crippen molar-refractivity contribution in [1.82, 2.24) is 9.80 Å². The smallest absolute Gasteiger partial charge is 0.254 e. The van der Waals surface area contributed by atoms with E-state index in [4.69, 9.17) is 9.47 Å². The summed E-state index contributed by atoms with van der Waals surface area (Å²) in [5.74, 6) is 1.70. The first-order chi connectivity index (χ1) is 17.9. The predicted octanol–water partition coefficient (Wildman–Crippen LogP) is 5.76. The van der Waals surface area contributed by atoms with Crippen LogP contribution in [-0.4, -0.2) is 55.0 Å². The van der Waals surface area contributed by atoms with Crippen molar-refractivity contribution in [2.24, 2.45) is 5.92 Å². The average molecular weight is 521 g/mol. The van der Waals surface area contributed by atoms with Crippen LogP contribution in [0.5, 0.6) is 11.5 Å². The fourth-order valence-corrected chi connectivity index (χ4v) is 5.45. The van der Waals surface area contributed by atoms with Crippen LogP contribution in [0.2, 0.25) is 0 Å². The van der Waals surface area contributed by atoms with Crippen LogP contribution < -0.4 is 9.47 Å². The van der Waals surface area contributed by atoms with Gasteiger partial charge in [0.1, 0.15) is 24.7 Å². The molecule has 0 saturated carbocycles. The second-order valence-corrected chi connectivity index (χ2v) is 10.9. The molecule has 0 bridgehead atoms. The van der Waals surface area contributed by atoms with E-state index in [0.29, 0.717) is 36.9 Å². The topological polar surface area (TPSA) is 59.1 Å². The van der Waals surface area contributed by atoms with E-state index in [2.05, 4.69) is 25.3 Å². The first-order valence-electron chi connectivity index (χ1n) is 12.8. The lowest BCUT2D eigenvalue weighted by Crippen LogP contribution is -2.48. The van der Waals surface area contributed by atoms with Crippen molar-refractivity contribution in [2.45, 2.75) is 39.7 Å². The molecule has 6 nitrogen and oxygen atoms in total. The highest BCUT2D eigenvalue weighted by Gasteiger charge is 2.33. The summed E-state index contributed by atoms with van der Waals surface area (Å²) in [6.45, 7) is 7.84. The number of amides is 2. The minimum atomic E-state index is -0.188.